The number of carbonyl (C=O) groups excluding carboxylic acids is 1. The molecule has 1 aliphatic carbocycles. The van der Waals surface area contributed by atoms with Crippen LogP contribution in [0.5, 0.6) is 0 Å². The van der Waals surface area contributed by atoms with Gasteiger partial charge in [0.2, 0.25) is 0 Å². The summed E-state index contributed by atoms with van der Waals surface area (Å²) in [5.41, 5.74) is 6.73. The Hall–Kier alpha value is -2.68. The van der Waals surface area contributed by atoms with Crippen molar-refractivity contribution < 1.29 is 4.79 Å². The van der Waals surface area contributed by atoms with Gasteiger partial charge < -0.3 is 0 Å². The van der Waals surface area contributed by atoms with Crippen molar-refractivity contribution in [2.75, 3.05) is 0 Å². The third kappa shape index (κ3) is 3.78. The molecule has 150 valence electrons. The Morgan fingerprint density at radius 2 is 1.76 bits per heavy atom. The number of rotatable bonds is 5. The van der Waals surface area contributed by atoms with E-state index in [1.165, 1.54) is 24.1 Å². The first-order valence-electron chi connectivity index (χ1n) is 10.7. The van der Waals surface area contributed by atoms with E-state index in [0.29, 0.717) is 17.8 Å². The van der Waals surface area contributed by atoms with Crippen LogP contribution in [0.4, 0.5) is 0 Å². The Morgan fingerprint density at radius 3 is 2.41 bits per heavy atom. The number of hydrogen-bond acceptors (Lipinski definition) is 2. The lowest BCUT2D eigenvalue weighted by molar-refractivity contribution is 0.0968. The van der Waals surface area contributed by atoms with Crippen molar-refractivity contribution in [1.29, 1.82) is 0 Å². The summed E-state index contributed by atoms with van der Waals surface area (Å²) in [5.74, 6) is 1.56. The summed E-state index contributed by atoms with van der Waals surface area (Å²) < 4.78 is 1.97. The van der Waals surface area contributed by atoms with Gasteiger partial charge in [-0.2, -0.15) is 5.10 Å². The Bertz CT molecular complexity index is 999. The largest absolute Gasteiger partial charge is 0.292 e. The second-order valence-corrected chi connectivity index (χ2v) is 8.79. The molecule has 1 aliphatic rings. The molecule has 2 aromatic carbocycles. The Morgan fingerprint density at radius 1 is 1.07 bits per heavy atom. The van der Waals surface area contributed by atoms with E-state index in [9.17, 15) is 4.79 Å². The van der Waals surface area contributed by atoms with Gasteiger partial charge in [0.05, 0.1) is 11.4 Å². The van der Waals surface area contributed by atoms with Crippen LogP contribution >= 0.6 is 0 Å². The third-order valence-corrected chi connectivity index (χ3v) is 6.29. The van der Waals surface area contributed by atoms with Crippen LogP contribution in [-0.4, -0.2) is 15.6 Å². The summed E-state index contributed by atoms with van der Waals surface area (Å²) in [7, 11) is 0. The number of benzene rings is 2. The van der Waals surface area contributed by atoms with Crippen molar-refractivity contribution in [2.45, 2.75) is 58.9 Å². The van der Waals surface area contributed by atoms with Gasteiger partial charge in [-0.05, 0) is 31.6 Å². The summed E-state index contributed by atoms with van der Waals surface area (Å²) in [6.07, 6.45) is 2.34. The smallest absolute Gasteiger partial charge is 0.184 e. The first-order valence-corrected chi connectivity index (χ1v) is 10.7. The zero-order chi connectivity index (χ0) is 20.5. The number of fused-ring (bicyclic) bond motifs is 1. The fourth-order valence-corrected chi connectivity index (χ4v) is 4.60. The number of carbonyl (C=O) groups is 1. The van der Waals surface area contributed by atoms with Crippen LogP contribution in [0.1, 0.15) is 72.6 Å². The Labute approximate surface area is 173 Å². The fourth-order valence-electron chi connectivity index (χ4n) is 4.60. The van der Waals surface area contributed by atoms with Crippen molar-refractivity contribution in [3.05, 3.63) is 77.0 Å². The molecule has 4 rings (SSSR count). The van der Waals surface area contributed by atoms with Crippen molar-refractivity contribution in [3.63, 3.8) is 0 Å². The van der Waals surface area contributed by atoms with Crippen molar-refractivity contribution >= 4 is 5.78 Å². The van der Waals surface area contributed by atoms with Crippen LogP contribution in [0.25, 0.3) is 11.3 Å². The van der Waals surface area contributed by atoms with Gasteiger partial charge in [0.1, 0.15) is 6.54 Å². The summed E-state index contributed by atoms with van der Waals surface area (Å²) in [5, 5.41) is 5.06. The number of aromatic nitrogens is 2. The average Bonchev–Trinajstić information content (AvgIpc) is 3.08. The van der Waals surface area contributed by atoms with E-state index in [4.69, 9.17) is 5.10 Å². The maximum Gasteiger partial charge on any atom is 0.184 e. The van der Waals surface area contributed by atoms with Gasteiger partial charge in [0.25, 0.3) is 0 Å². The zero-order valence-corrected chi connectivity index (χ0v) is 17.9. The van der Waals surface area contributed by atoms with Crippen LogP contribution in [0, 0.1) is 12.8 Å². The molecule has 3 heteroatoms. The van der Waals surface area contributed by atoms with Crippen LogP contribution in [0.15, 0.2) is 54.6 Å². The minimum atomic E-state index is 0.107. The molecule has 0 saturated carbocycles. The summed E-state index contributed by atoms with van der Waals surface area (Å²) >= 11 is 0. The molecule has 1 heterocycles. The molecule has 0 bridgehead atoms. The Balaban J connectivity index is 1.81. The van der Waals surface area contributed by atoms with E-state index in [1.54, 1.807) is 0 Å². The van der Waals surface area contributed by atoms with E-state index in [-0.39, 0.29) is 12.3 Å². The predicted molar refractivity (Wildman–Crippen MR) is 118 cm³/mol. The fraction of sp³-hybridized carbons (Fsp3) is 0.385. The van der Waals surface area contributed by atoms with Crippen molar-refractivity contribution in [1.82, 2.24) is 9.78 Å². The Kier molecular flexibility index (Phi) is 5.40. The zero-order valence-electron chi connectivity index (χ0n) is 17.9. The maximum atomic E-state index is 13.1. The molecular formula is C26H30N2O. The van der Waals surface area contributed by atoms with E-state index >= 15 is 0 Å². The highest BCUT2D eigenvalue weighted by Gasteiger charge is 2.34. The number of ketones is 1. The van der Waals surface area contributed by atoms with Crippen LogP contribution in [-0.2, 0) is 6.54 Å². The molecule has 29 heavy (non-hydrogen) atoms. The molecule has 0 aliphatic heterocycles. The van der Waals surface area contributed by atoms with Crippen LogP contribution < -0.4 is 0 Å². The molecule has 3 aromatic rings. The molecule has 1 aromatic heterocycles. The quantitative estimate of drug-likeness (QED) is 0.477. The number of nitrogens with zero attached hydrogens (tertiary/aromatic N) is 2. The van der Waals surface area contributed by atoms with Crippen LogP contribution in [0.2, 0.25) is 0 Å². The summed E-state index contributed by atoms with van der Waals surface area (Å²) in [6.45, 7) is 9.18. The summed E-state index contributed by atoms with van der Waals surface area (Å²) in [4.78, 5) is 13.1. The highest BCUT2D eigenvalue weighted by atomic mass is 16.1. The highest BCUT2D eigenvalue weighted by Crippen LogP contribution is 2.45. The van der Waals surface area contributed by atoms with Gasteiger partial charge in [-0.1, -0.05) is 80.9 Å². The molecule has 0 spiro atoms. The van der Waals surface area contributed by atoms with Gasteiger partial charge in [0, 0.05) is 22.6 Å². The lowest BCUT2D eigenvalue weighted by atomic mass is 9.75. The molecule has 0 N–H and O–H groups in total. The minimum Gasteiger partial charge on any atom is -0.292 e. The maximum absolute atomic E-state index is 13.1. The lowest BCUT2D eigenvalue weighted by Crippen LogP contribution is -2.17. The third-order valence-electron chi connectivity index (χ3n) is 6.29. The second kappa shape index (κ2) is 7.98. The molecular weight excluding hydrogens is 356 g/mol. The number of aryl methyl sites for hydroxylation is 1. The van der Waals surface area contributed by atoms with Gasteiger partial charge in [-0.25, -0.2) is 0 Å². The van der Waals surface area contributed by atoms with E-state index in [2.05, 4.69) is 45.0 Å². The standard InChI is InChI=1S/C26H30N2O/c1-17(2)22-15-12-19(4)24-25(22)27-28(26(24)21-8-6-5-7-9-21)16-23(29)20-13-10-18(3)11-14-20/h5-11,13-14,17,19,22H,12,15-16H2,1-4H3/t19-,22+/m1/s1. The first kappa shape index (κ1) is 19.6. The average molecular weight is 387 g/mol. The SMILES string of the molecule is Cc1ccc(C(=O)Cn2nc3c(c2-c2ccccc2)[C@H](C)CC[C@H]3C(C)C)cc1. The predicted octanol–water partition coefficient (Wildman–Crippen LogP) is 6.38. The van der Waals surface area contributed by atoms with Gasteiger partial charge >= 0.3 is 0 Å². The van der Waals surface area contributed by atoms with E-state index in [0.717, 1.165) is 22.4 Å². The van der Waals surface area contributed by atoms with Crippen molar-refractivity contribution in [2.24, 2.45) is 5.92 Å². The van der Waals surface area contributed by atoms with Crippen LogP contribution in [0.3, 0.4) is 0 Å². The topological polar surface area (TPSA) is 34.9 Å². The van der Waals surface area contributed by atoms with E-state index < -0.39 is 0 Å². The molecule has 3 nitrogen and oxygen atoms in total. The highest BCUT2D eigenvalue weighted by molar-refractivity contribution is 5.96. The number of Topliss-reactive ketones (excluding diaryl/α,β-unsaturated/α-hetero) is 1. The number of hydrogen-bond donors (Lipinski definition) is 0. The van der Waals surface area contributed by atoms with E-state index in [1.807, 2.05) is 41.9 Å². The summed E-state index contributed by atoms with van der Waals surface area (Å²) in [6, 6.07) is 18.3. The molecule has 0 amide bonds. The minimum absolute atomic E-state index is 0.107. The van der Waals surface area contributed by atoms with Gasteiger partial charge in [-0.15, -0.1) is 0 Å². The molecule has 0 fully saturated rings. The van der Waals surface area contributed by atoms with Crippen molar-refractivity contribution in [3.8, 4) is 11.3 Å². The monoisotopic (exact) mass is 386 g/mol. The molecule has 2 atom stereocenters. The second-order valence-electron chi connectivity index (χ2n) is 8.79. The first-order chi connectivity index (χ1) is 14.0. The molecule has 0 saturated heterocycles. The normalized spacial score (nSPS) is 18.7. The lowest BCUT2D eigenvalue weighted by Gasteiger charge is -2.29. The molecule has 0 unspecified atom stereocenters. The van der Waals surface area contributed by atoms with Gasteiger partial charge in [-0.3, -0.25) is 9.48 Å². The van der Waals surface area contributed by atoms with Gasteiger partial charge in [0.15, 0.2) is 5.78 Å². The molecule has 0 radical (unpaired) electrons.